The summed E-state index contributed by atoms with van der Waals surface area (Å²) >= 11 is 0. The largest absolute Gasteiger partial charge is 0.478 e. The van der Waals surface area contributed by atoms with Crippen molar-refractivity contribution in [1.82, 2.24) is 10.6 Å². The van der Waals surface area contributed by atoms with E-state index >= 15 is 0 Å². The summed E-state index contributed by atoms with van der Waals surface area (Å²) in [5, 5.41) is 14.4. The van der Waals surface area contributed by atoms with Crippen molar-refractivity contribution in [1.29, 1.82) is 0 Å². The maximum Gasteiger partial charge on any atom is 0.335 e. The topological polar surface area (TPSA) is 78.4 Å². The molecule has 106 valence electrons. The van der Waals surface area contributed by atoms with E-state index in [4.69, 9.17) is 5.11 Å². The van der Waals surface area contributed by atoms with E-state index in [1.165, 1.54) is 6.07 Å². The molecule has 0 radical (unpaired) electrons. The van der Waals surface area contributed by atoms with Gasteiger partial charge >= 0.3 is 12.0 Å². The molecule has 5 nitrogen and oxygen atoms in total. The summed E-state index contributed by atoms with van der Waals surface area (Å²) in [6, 6.07) is 6.31. The van der Waals surface area contributed by atoms with Crippen molar-refractivity contribution in [2.24, 2.45) is 5.92 Å². The monoisotopic (exact) mass is 274 g/mol. The summed E-state index contributed by atoms with van der Waals surface area (Å²) in [5.41, 5.74) is 0.988. The summed E-state index contributed by atoms with van der Waals surface area (Å²) < 4.78 is 0. The highest BCUT2D eigenvalue weighted by molar-refractivity contribution is 5.87. The summed E-state index contributed by atoms with van der Waals surface area (Å²) in [4.78, 5) is 22.5. The number of hydrogen-bond acceptors (Lipinski definition) is 2. The SMILES string of the molecule is O=C(NCc1cccc(C(=O)O)c1)NCC1C=CCC1. The first-order valence-electron chi connectivity index (χ1n) is 6.66. The van der Waals surface area contributed by atoms with Crippen LogP contribution in [0.4, 0.5) is 4.79 Å². The summed E-state index contributed by atoms with van der Waals surface area (Å²) in [5.74, 6) is -0.541. The number of nitrogens with one attached hydrogen (secondary N) is 2. The molecule has 0 saturated heterocycles. The molecule has 1 aromatic rings. The maximum atomic E-state index is 11.6. The van der Waals surface area contributed by atoms with Gasteiger partial charge in [-0.2, -0.15) is 0 Å². The van der Waals surface area contributed by atoms with E-state index in [1.54, 1.807) is 18.2 Å². The van der Waals surface area contributed by atoms with Crippen molar-refractivity contribution in [3.05, 3.63) is 47.5 Å². The molecule has 2 amide bonds. The number of carboxylic acid groups (broad SMARTS) is 1. The molecule has 0 bridgehead atoms. The van der Waals surface area contributed by atoms with Gasteiger partial charge in [0.15, 0.2) is 0 Å². The van der Waals surface area contributed by atoms with Gasteiger partial charge in [0.25, 0.3) is 0 Å². The highest BCUT2D eigenvalue weighted by atomic mass is 16.4. The Morgan fingerprint density at radius 1 is 1.30 bits per heavy atom. The summed E-state index contributed by atoms with van der Waals surface area (Å²) in [6.07, 6.45) is 6.41. The van der Waals surface area contributed by atoms with Gasteiger partial charge in [0.2, 0.25) is 0 Å². The minimum atomic E-state index is -0.968. The Bertz CT molecular complexity index is 526. The number of carboxylic acids is 1. The van der Waals surface area contributed by atoms with Gasteiger partial charge in [-0.1, -0.05) is 24.3 Å². The number of allylic oxidation sites excluding steroid dienone is 1. The fourth-order valence-electron chi connectivity index (χ4n) is 2.15. The van der Waals surface area contributed by atoms with Crippen molar-refractivity contribution in [2.45, 2.75) is 19.4 Å². The van der Waals surface area contributed by atoms with Gasteiger partial charge in [-0.15, -0.1) is 0 Å². The second kappa shape index (κ2) is 6.75. The molecule has 0 aromatic heterocycles. The van der Waals surface area contributed by atoms with Crippen LogP contribution < -0.4 is 10.6 Å². The Labute approximate surface area is 117 Å². The van der Waals surface area contributed by atoms with E-state index in [0.717, 1.165) is 18.4 Å². The van der Waals surface area contributed by atoms with Crippen LogP contribution in [-0.4, -0.2) is 23.7 Å². The van der Waals surface area contributed by atoms with Crippen LogP contribution >= 0.6 is 0 Å². The van der Waals surface area contributed by atoms with Crippen LogP contribution in [0.3, 0.4) is 0 Å². The van der Waals surface area contributed by atoms with E-state index in [2.05, 4.69) is 22.8 Å². The second-order valence-electron chi connectivity index (χ2n) is 4.83. The van der Waals surface area contributed by atoms with Crippen LogP contribution in [0, 0.1) is 5.92 Å². The Kier molecular flexibility index (Phi) is 4.76. The Balaban J connectivity index is 1.76. The predicted octanol–water partition coefficient (Wildman–Crippen LogP) is 2.15. The van der Waals surface area contributed by atoms with E-state index in [0.29, 0.717) is 19.0 Å². The highest BCUT2D eigenvalue weighted by Crippen LogP contribution is 2.15. The number of urea groups is 1. The van der Waals surface area contributed by atoms with Crippen LogP contribution in [0.5, 0.6) is 0 Å². The third-order valence-electron chi connectivity index (χ3n) is 3.26. The first-order chi connectivity index (χ1) is 9.65. The number of carbonyl (C=O) groups excluding carboxylic acids is 1. The number of rotatable bonds is 5. The molecule has 5 heteroatoms. The Morgan fingerprint density at radius 3 is 2.85 bits per heavy atom. The quantitative estimate of drug-likeness (QED) is 0.720. The normalized spacial score (nSPS) is 16.9. The van der Waals surface area contributed by atoms with Crippen LogP contribution in [0.15, 0.2) is 36.4 Å². The van der Waals surface area contributed by atoms with Gasteiger partial charge in [0.1, 0.15) is 0 Å². The summed E-state index contributed by atoms with van der Waals surface area (Å²) in [6.45, 7) is 0.949. The first-order valence-corrected chi connectivity index (χ1v) is 6.66. The number of carbonyl (C=O) groups is 2. The van der Waals surface area contributed by atoms with Crippen LogP contribution in [0.1, 0.15) is 28.8 Å². The minimum Gasteiger partial charge on any atom is -0.478 e. The number of amides is 2. The molecule has 1 aromatic carbocycles. The number of aromatic carboxylic acids is 1. The van der Waals surface area contributed by atoms with Gasteiger partial charge in [-0.3, -0.25) is 0 Å². The molecule has 1 unspecified atom stereocenters. The van der Waals surface area contributed by atoms with Gasteiger partial charge in [-0.05, 0) is 36.5 Å². The highest BCUT2D eigenvalue weighted by Gasteiger charge is 2.10. The number of benzene rings is 1. The standard InChI is InChI=1S/C15H18N2O3/c18-14(19)13-7-3-6-12(8-13)10-17-15(20)16-9-11-4-1-2-5-11/h1,3-4,6-8,11H,2,5,9-10H2,(H,18,19)(H2,16,17,20). The molecule has 0 aliphatic heterocycles. The molecular weight excluding hydrogens is 256 g/mol. The van der Waals surface area contributed by atoms with Crippen molar-refractivity contribution in [3.63, 3.8) is 0 Å². The zero-order valence-corrected chi connectivity index (χ0v) is 11.1. The molecule has 0 fully saturated rings. The third-order valence-corrected chi connectivity index (χ3v) is 3.26. The zero-order chi connectivity index (χ0) is 14.4. The molecule has 1 aliphatic rings. The minimum absolute atomic E-state index is 0.223. The lowest BCUT2D eigenvalue weighted by molar-refractivity contribution is 0.0696. The van der Waals surface area contributed by atoms with Gasteiger partial charge < -0.3 is 15.7 Å². The Hall–Kier alpha value is -2.30. The molecule has 1 aliphatic carbocycles. The average Bonchev–Trinajstić information content (AvgIpc) is 2.96. The lowest BCUT2D eigenvalue weighted by atomic mass is 10.1. The fourth-order valence-corrected chi connectivity index (χ4v) is 2.15. The van der Waals surface area contributed by atoms with Crippen LogP contribution in [0.2, 0.25) is 0 Å². The lowest BCUT2D eigenvalue weighted by Crippen LogP contribution is -2.37. The van der Waals surface area contributed by atoms with Gasteiger partial charge in [0, 0.05) is 13.1 Å². The lowest BCUT2D eigenvalue weighted by Gasteiger charge is -2.11. The molecule has 0 saturated carbocycles. The van der Waals surface area contributed by atoms with E-state index in [1.807, 2.05) is 0 Å². The maximum absolute atomic E-state index is 11.6. The fraction of sp³-hybridized carbons (Fsp3) is 0.333. The van der Waals surface area contributed by atoms with E-state index in [-0.39, 0.29) is 11.6 Å². The van der Waals surface area contributed by atoms with Crippen molar-refractivity contribution < 1.29 is 14.7 Å². The van der Waals surface area contributed by atoms with E-state index in [9.17, 15) is 9.59 Å². The van der Waals surface area contributed by atoms with Gasteiger partial charge in [0.05, 0.1) is 5.56 Å². The number of hydrogen-bond donors (Lipinski definition) is 3. The first kappa shape index (κ1) is 14.1. The average molecular weight is 274 g/mol. The third kappa shape index (κ3) is 4.12. The van der Waals surface area contributed by atoms with Crippen molar-refractivity contribution >= 4 is 12.0 Å². The molecule has 0 heterocycles. The summed E-state index contributed by atoms with van der Waals surface area (Å²) in [7, 11) is 0. The second-order valence-corrected chi connectivity index (χ2v) is 4.83. The molecule has 1 atom stereocenters. The Morgan fingerprint density at radius 2 is 2.15 bits per heavy atom. The molecule has 0 spiro atoms. The van der Waals surface area contributed by atoms with Crippen LogP contribution in [0.25, 0.3) is 0 Å². The molecular formula is C15H18N2O3. The van der Waals surface area contributed by atoms with Crippen LogP contribution in [-0.2, 0) is 6.54 Å². The zero-order valence-electron chi connectivity index (χ0n) is 11.1. The molecule has 20 heavy (non-hydrogen) atoms. The van der Waals surface area contributed by atoms with Crippen molar-refractivity contribution in [2.75, 3.05) is 6.54 Å². The smallest absolute Gasteiger partial charge is 0.335 e. The van der Waals surface area contributed by atoms with E-state index < -0.39 is 5.97 Å². The molecule has 3 N–H and O–H groups in total. The predicted molar refractivity (Wildman–Crippen MR) is 75.5 cm³/mol. The van der Waals surface area contributed by atoms with Crippen molar-refractivity contribution in [3.8, 4) is 0 Å². The molecule has 2 rings (SSSR count). The van der Waals surface area contributed by atoms with Gasteiger partial charge in [-0.25, -0.2) is 9.59 Å².